The zero-order chi connectivity index (χ0) is 15.5. The van der Waals surface area contributed by atoms with Crippen molar-refractivity contribution in [3.63, 3.8) is 0 Å². The number of urea groups is 1. The largest absolute Gasteiger partial charge is 0.323 e. The van der Waals surface area contributed by atoms with Crippen LogP contribution in [-0.2, 0) is 0 Å². The zero-order valence-electron chi connectivity index (χ0n) is 11.4. The normalized spacial score (nSPS) is 10.5. The Morgan fingerprint density at radius 1 is 1.27 bits per heavy atom. The van der Waals surface area contributed by atoms with Crippen LogP contribution in [0.1, 0.15) is 5.56 Å². The summed E-state index contributed by atoms with van der Waals surface area (Å²) < 4.78 is 0. The van der Waals surface area contributed by atoms with Crippen LogP contribution in [0.4, 0.5) is 16.2 Å². The number of pyridine rings is 1. The summed E-state index contributed by atoms with van der Waals surface area (Å²) in [5, 5.41) is 15.1. The monoisotopic (exact) mass is 334 g/mol. The summed E-state index contributed by atoms with van der Waals surface area (Å²) in [5.41, 5.74) is 2.61. The molecule has 0 bridgehead atoms. The molecule has 3 N–H and O–H groups in total. The number of rotatable bonds is 3. The van der Waals surface area contributed by atoms with Crippen molar-refractivity contribution in [1.29, 1.82) is 0 Å². The van der Waals surface area contributed by atoms with Crippen LogP contribution >= 0.6 is 22.9 Å². The lowest BCUT2D eigenvalue weighted by atomic mass is 10.2. The van der Waals surface area contributed by atoms with E-state index in [1.165, 1.54) is 17.5 Å². The number of carbonyl (C=O) groups is 1. The van der Waals surface area contributed by atoms with Crippen molar-refractivity contribution in [2.24, 2.45) is 0 Å². The van der Waals surface area contributed by atoms with Gasteiger partial charge in [0, 0.05) is 23.5 Å². The lowest BCUT2D eigenvalue weighted by molar-refractivity contribution is 0.262. The molecular formula is C13H11ClN6OS. The molecule has 3 aromatic rings. The van der Waals surface area contributed by atoms with Crippen molar-refractivity contribution in [1.82, 2.24) is 20.2 Å². The van der Waals surface area contributed by atoms with Gasteiger partial charge in [-0.25, -0.2) is 14.8 Å². The van der Waals surface area contributed by atoms with Crippen LogP contribution in [0.15, 0.2) is 30.0 Å². The molecule has 0 radical (unpaired) electrons. The number of aromatic amines is 1. The van der Waals surface area contributed by atoms with Crippen LogP contribution in [-0.4, -0.2) is 26.2 Å². The summed E-state index contributed by atoms with van der Waals surface area (Å²) >= 11 is 7.28. The number of nitrogens with one attached hydrogen (secondary N) is 3. The molecule has 3 aromatic heterocycles. The van der Waals surface area contributed by atoms with E-state index in [4.69, 9.17) is 11.6 Å². The molecule has 0 aliphatic carbocycles. The molecule has 0 spiro atoms. The lowest BCUT2D eigenvalue weighted by Crippen LogP contribution is -2.20. The number of amides is 2. The SMILES string of the molecule is Cc1cnc(Cl)cc1NC(=O)Nc1cn[nH]c1-c1nccs1. The van der Waals surface area contributed by atoms with E-state index >= 15 is 0 Å². The molecule has 3 rings (SSSR count). The van der Waals surface area contributed by atoms with Gasteiger partial charge in [0.15, 0.2) is 0 Å². The van der Waals surface area contributed by atoms with Crippen LogP contribution in [0.25, 0.3) is 10.7 Å². The summed E-state index contributed by atoms with van der Waals surface area (Å²) in [6.45, 7) is 1.83. The lowest BCUT2D eigenvalue weighted by Gasteiger charge is -2.09. The third-order valence-corrected chi connectivity index (χ3v) is 3.85. The second kappa shape index (κ2) is 6.12. The van der Waals surface area contributed by atoms with Gasteiger partial charge in [0.2, 0.25) is 0 Å². The van der Waals surface area contributed by atoms with E-state index in [9.17, 15) is 4.79 Å². The molecule has 0 aliphatic rings. The number of halogens is 1. The standard InChI is InChI=1S/C13H11ClN6OS/c1-7-5-16-10(14)4-8(7)18-13(21)19-9-6-17-20-11(9)12-15-2-3-22-12/h2-6H,1H3,(H,17,20)(H2,16,18,19,21). The van der Waals surface area contributed by atoms with E-state index in [0.29, 0.717) is 22.2 Å². The van der Waals surface area contributed by atoms with Gasteiger partial charge in [0.1, 0.15) is 15.9 Å². The van der Waals surface area contributed by atoms with Gasteiger partial charge in [-0.1, -0.05) is 11.6 Å². The molecule has 0 unspecified atom stereocenters. The van der Waals surface area contributed by atoms with Gasteiger partial charge in [-0.05, 0) is 18.6 Å². The highest BCUT2D eigenvalue weighted by Gasteiger charge is 2.13. The van der Waals surface area contributed by atoms with Crippen molar-refractivity contribution in [2.45, 2.75) is 6.92 Å². The zero-order valence-corrected chi connectivity index (χ0v) is 13.0. The maximum Gasteiger partial charge on any atom is 0.323 e. The number of thiazole rings is 1. The Hall–Kier alpha value is -2.45. The summed E-state index contributed by atoms with van der Waals surface area (Å²) in [6, 6.07) is 1.19. The fourth-order valence-electron chi connectivity index (χ4n) is 1.80. The van der Waals surface area contributed by atoms with Gasteiger partial charge >= 0.3 is 6.03 Å². The van der Waals surface area contributed by atoms with Crippen LogP contribution in [0.2, 0.25) is 5.15 Å². The Labute approximate surface area is 134 Å². The number of anilines is 2. The average Bonchev–Trinajstić information content (AvgIpc) is 3.13. The number of hydrogen-bond donors (Lipinski definition) is 3. The molecule has 22 heavy (non-hydrogen) atoms. The number of hydrogen-bond acceptors (Lipinski definition) is 5. The molecule has 0 atom stereocenters. The average molecular weight is 335 g/mol. The number of H-pyrrole nitrogens is 1. The van der Waals surface area contributed by atoms with E-state index in [2.05, 4.69) is 30.8 Å². The fraction of sp³-hybridized carbons (Fsp3) is 0.0769. The van der Waals surface area contributed by atoms with Crippen molar-refractivity contribution in [3.8, 4) is 10.7 Å². The van der Waals surface area contributed by atoms with Crippen molar-refractivity contribution in [3.05, 3.63) is 40.8 Å². The molecule has 112 valence electrons. The molecule has 0 aromatic carbocycles. The van der Waals surface area contributed by atoms with Crippen molar-refractivity contribution >= 4 is 40.3 Å². The third-order valence-electron chi connectivity index (χ3n) is 2.85. The minimum atomic E-state index is -0.399. The topological polar surface area (TPSA) is 95.6 Å². The van der Waals surface area contributed by atoms with Crippen LogP contribution in [0.5, 0.6) is 0 Å². The highest BCUT2D eigenvalue weighted by molar-refractivity contribution is 7.13. The molecule has 0 aliphatic heterocycles. The molecule has 9 heteroatoms. The van der Waals surface area contributed by atoms with Gasteiger partial charge < -0.3 is 10.6 Å². The first kappa shape index (κ1) is 14.5. The molecular weight excluding hydrogens is 324 g/mol. The first-order valence-corrected chi connectivity index (χ1v) is 7.52. The second-order valence-electron chi connectivity index (χ2n) is 4.40. The van der Waals surface area contributed by atoms with Crippen LogP contribution < -0.4 is 10.6 Å². The molecule has 2 amide bonds. The third kappa shape index (κ3) is 3.07. The minimum absolute atomic E-state index is 0.313. The maximum atomic E-state index is 12.1. The summed E-state index contributed by atoms with van der Waals surface area (Å²) in [4.78, 5) is 20.2. The Morgan fingerprint density at radius 3 is 2.86 bits per heavy atom. The molecule has 3 heterocycles. The van der Waals surface area contributed by atoms with Gasteiger partial charge in [0.25, 0.3) is 0 Å². The molecule has 0 saturated carbocycles. The number of carbonyl (C=O) groups excluding carboxylic acids is 1. The van der Waals surface area contributed by atoms with Gasteiger partial charge in [-0.3, -0.25) is 5.10 Å². The van der Waals surface area contributed by atoms with Gasteiger partial charge in [-0.15, -0.1) is 11.3 Å². The molecule has 7 nitrogen and oxygen atoms in total. The second-order valence-corrected chi connectivity index (χ2v) is 5.68. The predicted octanol–water partition coefficient (Wildman–Crippen LogP) is 3.53. The first-order chi connectivity index (χ1) is 10.6. The van der Waals surface area contributed by atoms with E-state index in [1.807, 2.05) is 12.3 Å². The van der Waals surface area contributed by atoms with E-state index in [1.54, 1.807) is 18.5 Å². The maximum absolute atomic E-state index is 12.1. The predicted molar refractivity (Wildman–Crippen MR) is 86.3 cm³/mol. The Bertz CT molecular complexity index is 801. The van der Waals surface area contributed by atoms with Gasteiger partial charge in [-0.2, -0.15) is 5.10 Å². The smallest absolute Gasteiger partial charge is 0.307 e. The minimum Gasteiger partial charge on any atom is -0.307 e. The van der Waals surface area contributed by atoms with Crippen molar-refractivity contribution < 1.29 is 4.79 Å². The summed E-state index contributed by atoms with van der Waals surface area (Å²) in [5.74, 6) is 0. The van der Waals surface area contributed by atoms with E-state index < -0.39 is 6.03 Å². The first-order valence-electron chi connectivity index (χ1n) is 6.27. The van der Waals surface area contributed by atoms with Crippen molar-refractivity contribution in [2.75, 3.05) is 10.6 Å². The van der Waals surface area contributed by atoms with Crippen LogP contribution in [0.3, 0.4) is 0 Å². The number of nitrogens with zero attached hydrogens (tertiary/aromatic N) is 3. The van der Waals surface area contributed by atoms with E-state index in [0.717, 1.165) is 10.6 Å². The highest BCUT2D eigenvalue weighted by Crippen LogP contribution is 2.27. The summed E-state index contributed by atoms with van der Waals surface area (Å²) in [6.07, 6.45) is 4.81. The van der Waals surface area contributed by atoms with E-state index in [-0.39, 0.29) is 0 Å². The quantitative estimate of drug-likeness (QED) is 0.638. The number of aryl methyl sites for hydroxylation is 1. The van der Waals surface area contributed by atoms with Gasteiger partial charge in [0.05, 0.1) is 11.9 Å². The van der Waals surface area contributed by atoms with Crippen LogP contribution in [0, 0.1) is 6.92 Å². The fourth-order valence-corrected chi connectivity index (χ4v) is 2.60. The molecule has 0 saturated heterocycles. The summed E-state index contributed by atoms with van der Waals surface area (Å²) in [7, 11) is 0. The Balaban J connectivity index is 1.75. The Kier molecular flexibility index (Phi) is 4.03. The number of aromatic nitrogens is 4. The Morgan fingerprint density at radius 2 is 2.09 bits per heavy atom. The molecule has 0 fully saturated rings. The highest BCUT2D eigenvalue weighted by atomic mass is 35.5.